The predicted molar refractivity (Wildman–Crippen MR) is 78.4 cm³/mol. The van der Waals surface area contributed by atoms with Gasteiger partial charge in [0.15, 0.2) is 0 Å². The van der Waals surface area contributed by atoms with Gasteiger partial charge in [-0.15, -0.1) is 0 Å². The van der Waals surface area contributed by atoms with Crippen molar-refractivity contribution in [3.63, 3.8) is 0 Å². The van der Waals surface area contributed by atoms with Gasteiger partial charge in [-0.05, 0) is 36.4 Å². The Bertz CT molecular complexity index is 614. The first-order chi connectivity index (χ1) is 9.65. The third-order valence-electron chi connectivity index (χ3n) is 2.35. The zero-order valence-corrected chi connectivity index (χ0v) is 11.1. The number of amides is 1. The second-order valence-electron chi connectivity index (χ2n) is 3.84. The van der Waals surface area contributed by atoms with E-state index in [4.69, 9.17) is 11.6 Å². The molecule has 2 rings (SSSR count). The first kappa shape index (κ1) is 14.0. The Labute approximate surface area is 120 Å². The summed E-state index contributed by atoms with van der Waals surface area (Å²) in [6.45, 7) is 0. The molecule has 0 heterocycles. The van der Waals surface area contributed by atoms with Crippen molar-refractivity contribution in [3.05, 3.63) is 60.4 Å². The summed E-state index contributed by atoms with van der Waals surface area (Å²) < 4.78 is 12.7. The van der Waals surface area contributed by atoms with Crippen LogP contribution in [0.15, 0.2) is 59.7 Å². The number of benzene rings is 2. The van der Waals surface area contributed by atoms with E-state index < -0.39 is 5.91 Å². The van der Waals surface area contributed by atoms with Gasteiger partial charge in [0.1, 0.15) is 5.82 Å². The van der Waals surface area contributed by atoms with Crippen molar-refractivity contribution in [1.29, 1.82) is 0 Å². The highest BCUT2D eigenvalue weighted by molar-refractivity contribution is 6.84. The fraction of sp³-hybridized carbons (Fsp3) is 0. The summed E-state index contributed by atoms with van der Waals surface area (Å²) in [4.78, 5) is 11.7. The Hall–Kier alpha value is -2.40. The molecule has 0 aliphatic rings. The maximum absolute atomic E-state index is 12.7. The fourth-order valence-corrected chi connectivity index (χ4v) is 1.48. The normalized spacial score (nSPS) is 11.0. The van der Waals surface area contributed by atoms with Crippen molar-refractivity contribution in [2.24, 2.45) is 5.10 Å². The van der Waals surface area contributed by atoms with E-state index in [2.05, 4.69) is 15.8 Å². The zero-order chi connectivity index (χ0) is 14.4. The van der Waals surface area contributed by atoms with E-state index in [1.165, 1.54) is 24.3 Å². The quantitative estimate of drug-likeness (QED) is 0.670. The van der Waals surface area contributed by atoms with E-state index in [1.54, 1.807) is 24.3 Å². The number of para-hydroxylation sites is 1. The maximum atomic E-state index is 12.7. The molecule has 2 aromatic rings. The van der Waals surface area contributed by atoms with Crippen LogP contribution in [-0.2, 0) is 4.79 Å². The molecule has 20 heavy (non-hydrogen) atoms. The Morgan fingerprint density at radius 1 is 1.00 bits per heavy atom. The number of hydrogen-bond acceptors (Lipinski definition) is 3. The molecular weight excluding hydrogens is 281 g/mol. The molecule has 0 saturated heterocycles. The van der Waals surface area contributed by atoms with E-state index in [0.29, 0.717) is 11.4 Å². The van der Waals surface area contributed by atoms with Gasteiger partial charge in [-0.1, -0.05) is 29.8 Å². The second-order valence-corrected chi connectivity index (χ2v) is 4.20. The zero-order valence-electron chi connectivity index (χ0n) is 10.3. The highest BCUT2D eigenvalue weighted by Gasteiger charge is 2.08. The highest BCUT2D eigenvalue weighted by atomic mass is 35.5. The number of carbonyl (C=O) groups is 1. The summed E-state index contributed by atoms with van der Waals surface area (Å²) in [5.74, 6) is -0.889. The van der Waals surface area contributed by atoms with Crippen molar-refractivity contribution in [1.82, 2.24) is 0 Å². The summed E-state index contributed by atoms with van der Waals surface area (Å²) in [7, 11) is 0. The van der Waals surface area contributed by atoms with Crippen LogP contribution in [0.5, 0.6) is 0 Å². The van der Waals surface area contributed by atoms with Crippen LogP contribution in [0.2, 0.25) is 0 Å². The summed E-state index contributed by atoms with van der Waals surface area (Å²) in [5, 5.41) is 6.05. The average molecular weight is 292 g/mol. The van der Waals surface area contributed by atoms with Crippen LogP contribution in [0.25, 0.3) is 0 Å². The van der Waals surface area contributed by atoms with Crippen molar-refractivity contribution >= 4 is 34.1 Å². The molecule has 1 amide bonds. The first-order valence-electron chi connectivity index (χ1n) is 5.76. The minimum Gasteiger partial charge on any atom is -0.320 e. The Morgan fingerprint density at radius 3 is 2.30 bits per heavy atom. The van der Waals surface area contributed by atoms with Gasteiger partial charge in [0.2, 0.25) is 5.17 Å². The fourth-order valence-electron chi connectivity index (χ4n) is 1.39. The number of anilines is 2. The topological polar surface area (TPSA) is 53.5 Å². The van der Waals surface area contributed by atoms with Crippen LogP contribution in [0.3, 0.4) is 0 Å². The van der Waals surface area contributed by atoms with E-state index >= 15 is 0 Å². The van der Waals surface area contributed by atoms with E-state index in [1.807, 2.05) is 6.07 Å². The molecule has 0 atom stereocenters. The molecule has 4 nitrogen and oxygen atoms in total. The second kappa shape index (κ2) is 6.68. The predicted octanol–water partition coefficient (Wildman–Crippen LogP) is 3.43. The molecule has 2 N–H and O–H groups in total. The van der Waals surface area contributed by atoms with Crippen LogP contribution in [0, 0.1) is 5.82 Å². The Balaban J connectivity index is 1.96. The number of halogens is 2. The molecule has 0 bridgehead atoms. The lowest BCUT2D eigenvalue weighted by molar-refractivity contribution is -0.110. The molecule has 0 aliphatic heterocycles. The van der Waals surface area contributed by atoms with Crippen molar-refractivity contribution in [2.45, 2.75) is 0 Å². The summed E-state index contributed by atoms with van der Waals surface area (Å²) in [6.07, 6.45) is 0. The molecular formula is C14H11ClFN3O. The third-order valence-corrected chi connectivity index (χ3v) is 2.60. The molecule has 102 valence electrons. The molecule has 0 fully saturated rings. The smallest absolute Gasteiger partial charge is 0.287 e. The first-order valence-corrected chi connectivity index (χ1v) is 6.14. The van der Waals surface area contributed by atoms with Gasteiger partial charge < -0.3 is 5.32 Å². The number of nitrogens with one attached hydrogen (secondary N) is 2. The van der Waals surface area contributed by atoms with Gasteiger partial charge in [0.05, 0.1) is 5.69 Å². The third kappa shape index (κ3) is 4.07. The number of rotatable bonds is 4. The van der Waals surface area contributed by atoms with Crippen LogP contribution in [0.1, 0.15) is 0 Å². The molecule has 0 saturated carbocycles. The Kier molecular flexibility index (Phi) is 4.68. The van der Waals surface area contributed by atoms with Crippen LogP contribution >= 0.6 is 11.6 Å². The number of carbonyl (C=O) groups excluding carboxylic acids is 1. The molecule has 0 spiro atoms. The molecule has 2 aromatic carbocycles. The summed E-state index contributed by atoms with van der Waals surface area (Å²) in [6, 6.07) is 14.4. The molecule has 0 aromatic heterocycles. The summed E-state index contributed by atoms with van der Waals surface area (Å²) >= 11 is 5.76. The van der Waals surface area contributed by atoms with Crippen molar-refractivity contribution in [2.75, 3.05) is 10.7 Å². The average Bonchev–Trinajstić information content (AvgIpc) is 2.47. The van der Waals surface area contributed by atoms with Gasteiger partial charge in [0, 0.05) is 5.69 Å². The van der Waals surface area contributed by atoms with Gasteiger partial charge in [-0.25, -0.2) is 4.39 Å². The van der Waals surface area contributed by atoms with Gasteiger partial charge in [0.25, 0.3) is 5.91 Å². The summed E-state index contributed by atoms with van der Waals surface area (Å²) in [5.41, 5.74) is 3.71. The molecule has 0 aliphatic carbocycles. The van der Waals surface area contributed by atoms with Crippen LogP contribution in [-0.4, -0.2) is 11.1 Å². The van der Waals surface area contributed by atoms with Crippen LogP contribution < -0.4 is 10.7 Å². The SMILES string of the molecule is O=C(Nc1ccccc1)/C(Cl)=N/Nc1ccc(F)cc1. The number of nitrogens with zero attached hydrogens (tertiary/aromatic N) is 1. The standard InChI is InChI=1S/C14H11ClFN3O/c15-13(14(20)17-11-4-2-1-3-5-11)19-18-12-8-6-10(16)7-9-12/h1-9,18H,(H,17,20)/b19-13-. The molecule has 6 heteroatoms. The lowest BCUT2D eigenvalue weighted by atomic mass is 10.3. The minimum atomic E-state index is -0.535. The largest absolute Gasteiger partial charge is 0.320 e. The lowest BCUT2D eigenvalue weighted by Gasteiger charge is -2.04. The maximum Gasteiger partial charge on any atom is 0.287 e. The van der Waals surface area contributed by atoms with Crippen LogP contribution in [0.4, 0.5) is 15.8 Å². The van der Waals surface area contributed by atoms with Gasteiger partial charge in [-0.2, -0.15) is 5.10 Å². The van der Waals surface area contributed by atoms with E-state index in [0.717, 1.165) is 0 Å². The molecule has 0 unspecified atom stereocenters. The Morgan fingerprint density at radius 2 is 1.65 bits per heavy atom. The highest BCUT2D eigenvalue weighted by Crippen LogP contribution is 2.09. The number of hydrazone groups is 1. The van der Waals surface area contributed by atoms with Crippen molar-refractivity contribution in [3.8, 4) is 0 Å². The number of hydrogen-bond donors (Lipinski definition) is 2. The monoisotopic (exact) mass is 291 g/mol. The van der Waals surface area contributed by atoms with E-state index in [-0.39, 0.29) is 11.0 Å². The van der Waals surface area contributed by atoms with E-state index in [9.17, 15) is 9.18 Å². The minimum absolute atomic E-state index is 0.252. The van der Waals surface area contributed by atoms with Gasteiger partial charge >= 0.3 is 0 Å². The van der Waals surface area contributed by atoms with Crippen molar-refractivity contribution < 1.29 is 9.18 Å². The lowest BCUT2D eigenvalue weighted by Crippen LogP contribution is -2.19. The van der Waals surface area contributed by atoms with Gasteiger partial charge in [-0.3, -0.25) is 10.2 Å². The molecule has 0 radical (unpaired) electrons.